The lowest BCUT2D eigenvalue weighted by Crippen LogP contribution is -2.31. The number of benzene rings is 1. The number of nitrogens with one attached hydrogen (secondary N) is 2. The van der Waals surface area contributed by atoms with E-state index in [1.807, 2.05) is 17.8 Å². The number of imidazole rings is 1. The first-order valence-electron chi connectivity index (χ1n) is 8.51. The van der Waals surface area contributed by atoms with Crippen molar-refractivity contribution in [3.05, 3.63) is 42.2 Å². The van der Waals surface area contributed by atoms with Gasteiger partial charge in [-0.3, -0.25) is 9.59 Å². The minimum absolute atomic E-state index is 0.117. The van der Waals surface area contributed by atoms with Gasteiger partial charge in [-0.25, -0.2) is 4.98 Å². The summed E-state index contributed by atoms with van der Waals surface area (Å²) in [6.45, 7) is 1.30. The molecule has 2 N–H and O–H groups in total. The molecular weight excluding hydrogens is 352 g/mol. The van der Waals surface area contributed by atoms with Gasteiger partial charge < -0.3 is 19.9 Å². The maximum atomic E-state index is 12.1. The highest BCUT2D eigenvalue weighted by Gasteiger charge is 2.16. The highest BCUT2D eigenvalue weighted by atomic mass is 32.2. The van der Waals surface area contributed by atoms with E-state index in [2.05, 4.69) is 15.6 Å². The van der Waals surface area contributed by atoms with Crippen molar-refractivity contribution in [1.29, 1.82) is 0 Å². The Kier molecular flexibility index (Phi) is 6.30. The van der Waals surface area contributed by atoms with E-state index in [0.717, 1.165) is 24.6 Å². The minimum Gasteiger partial charge on any atom is -0.376 e. The van der Waals surface area contributed by atoms with E-state index in [1.54, 1.807) is 30.5 Å². The molecule has 1 aliphatic heterocycles. The molecule has 0 radical (unpaired) electrons. The molecule has 1 aromatic carbocycles. The molecule has 1 fully saturated rings. The van der Waals surface area contributed by atoms with Crippen molar-refractivity contribution in [2.75, 3.05) is 24.2 Å². The second-order valence-corrected chi connectivity index (χ2v) is 7.02. The molecule has 7 nitrogen and oxygen atoms in total. The molecule has 0 saturated carbocycles. The molecule has 1 atom stereocenters. The van der Waals surface area contributed by atoms with E-state index >= 15 is 0 Å². The second-order valence-electron chi connectivity index (χ2n) is 6.08. The number of hydrogen-bond acceptors (Lipinski definition) is 5. The van der Waals surface area contributed by atoms with Crippen LogP contribution >= 0.6 is 11.8 Å². The molecule has 138 valence electrons. The van der Waals surface area contributed by atoms with Gasteiger partial charge in [0.15, 0.2) is 5.16 Å². The van der Waals surface area contributed by atoms with Gasteiger partial charge >= 0.3 is 0 Å². The maximum Gasteiger partial charge on any atom is 0.251 e. The third-order valence-electron chi connectivity index (χ3n) is 4.05. The molecule has 1 saturated heterocycles. The molecule has 2 aromatic rings. The van der Waals surface area contributed by atoms with Gasteiger partial charge in [0.05, 0.1) is 11.9 Å². The van der Waals surface area contributed by atoms with Crippen molar-refractivity contribution < 1.29 is 14.3 Å². The van der Waals surface area contributed by atoms with Crippen LogP contribution < -0.4 is 10.6 Å². The van der Waals surface area contributed by atoms with Crippen LogP contribution in [0.15, 0.2) is 41.8 Å². The number of amides is 2. The van der Waals surface area contributed by atoms with Crippen LogP contribution in [0.5, 0.6) is 0 Å². The first-order valence-corrected chi connectivity index (χ1v) is 9.50. The number of nitrogens with zero attached hydrogens (tertiary/aromatic N) is 2. The van der Waals surface area contributed by atoms with Gasteiger partial charge in [0, 0.05) is 43.8 Å². The number of anilines is 1. The van der Waals surface area contributed by atoms with E-state index in [1.165, 1.54) is 11.8 Å². The van der Waals surface area contributed by atoms with Crippen LogP contribution in [0.1, 0.15) is 23.2 Å². The SMILES string of the molecule is Cn1ccnc1SCC(=O)Nc1ccc(C(=O)NC[C@H]2CCCO2)cc1. The lowest BCUT2D eigenvalue weighted by molar-refractivity contribution is -0.113. The van der Waals surface area contributed by atoms with Gasteiger partial charge in [-0.15, -0.1) is 0 Å². The Morgan fingerprint density at radius 2 is 2.15 bits per heavy atom. The number of rotatable bonds is 7. The molecule has 26 heavy (non-hydrogen) atoms. The Hall–Kier alpha value is -2.32. The first-order chi connectivity index (χ1) is 12.6. The molecular formula is C18H22N4O3S. The average Bonchev–Trinajstić information content (AvgIpc) is 3.30. The smallest absolute Gasteiger partial charge is 0.251 e. The summed E-state index contributed by atoms with van der Waals surface area (Å²) in [6.07, 6.45) is 5.69. The first kappa shape index (κ1) is 18.5. The van der Waals surface area contributed by atoms with Crippen LogP contribution in [0.4, 0.5) is 5.69 Å². The number of ether oxygens (including phenoxy) is 1. The Balaban J connectivity index is 1.45. The van der Waals surface area contributed by atoms with Crippen molar-refractivity contribution in [2.24, 2.45) is 7.05 Å². The van der Waals surface area contributed by atoms with Crippen LogP contribution in [-0.4, -0.2) is 46.4 Å². The molecule has 0 spiro atoms. The molecule has 1 aliphatic rings. The van der Waals surface area contributed by atoms with Crippen LogP contribution in [0.2, 0.25) is 0 Å². The predicted octanol–water partition coefficient (Wildman–Crippen LogP) is 2.06. The Labute approximate surface area is 156 Å². The van der Waals surface area contributed by atoms with Crippen molar-refractivity contribution >= 4 is 29.3 Å². The second kappa shape index (κ2) is 8.86. The Morgan fingerprint density at radius 3 is 2.81 bits per heavy atom. The standard InChI is InChI=1S/C18H22N4O3S/c1-22-9-8-19-18(22)26-12-16(23)21-14-6-4-13(5-7-14)17(24)20-11-15-3-2-10-25-15/h4-9,15H,2-3,10-12H2,1H3,(H,20,24)(H,21,23)/t15-/m1/s1. The average molecular weight is 374 g/mol. The number of carbonyl (C=O) groups is 2. The molecule has 8 heteroatoms. The number of aryl methyl sites for hydroxylation is 1. The van der Waals surface area contributed by atoms with Gasteiger partial charge in [-0.1, -0.05) is 11.8 Å². The van der Waals surface area contributed by atoms with Crippen LogP contribution in [-0.2, 0) is 16.6 Å². The molecule has 0 aliphatic carbocycles. The minimum atomic E-state index is -0.135. The maximum absolute atomic E-state index is 12.1. The van der Waals surface area contributed by atoms with E-state index in [0.29, 0.717) is 17.8 Å². The number of thioether (sulfide) groups is 1. The zero-order valence-corrected chi connectivity index (χ0v) is 15.4. The fourth-order valence-corrected chi connectivity index (χ4v) is 3.37. The van der Waals surface area contributed by atoms with Crippen LogP contribution in [0.25, 0.3) is 0 Å². The lowest BCUT2D eigenvalue weighted by Gasteiger charge is -2.11. The van der Waals surface area contributed by atoms with Gasteiger partial charge in [0.25, 0.3) is 5.91 Å². The summed E-state index contributed by atoms with van der Waals surface area (Å²) in [5.74, 6) is 0.0198. The quantitative estimate of drug-likeness (QED) is 0.725. The normalized spacial score (nSPS) is 16.4. The summed E-state index contributed by atoms with van der Waals surface area (Å²) in [4.78, 5) is 28.3. The topological polar surface area (TPSA) is 85.2 Å². The summed E-state index contributed by atoms with van der Waals surface area (Å²) in [7, 11) is 1.88. The highest BCUT2D eigenvalue weighted by Crippen LogP contribution is 2.16. The number of carbonyl (C=O) groups excluding carboxylic acids is 2. The number of hydrogen-bond donors (Lipinski definition) is 2. The van der Waals surface area contributed by atoms with Crippen LogP contribution in [0, 0.1) is 0 Å². The zero-order valence-electron chi connectivity index (χ0n) is 14.6. The Bertz CT molecular complexity index is 754. The summed E-state index contributed by atoms with van der Waals surface area (Å²) in [6, 6.07) is 6.85. The third kappa shape index (κ3) is 5.09. The van der Waals surface area contributed by atoms with Crippen LogP contribution in [0.3, 0.4) is 0 Å². The van der Waals surface area contributed by atoms with E-state index in [9.17, 15) is 9.59 Å². The summed E-state index contributed by atoms with van der Waals surface area (Å²) in [5, 5.41) is 6.49. The summed E-state index contributed by atoms with van der Waals surface area (Å²) < 4.78 is 7.35. The fourth-order valence-electron chi connectivity index (χ4n) is 2.64. The van der Waals surface area contributed by atoms with Crippen molar-refractivity contribution in [3.63, 3.8) is 0 Å². The predicted molar refractivity (Wildman–Crippen MR) is 100 cm³/mol. The molecule has 0 unspecified atom stereocenters. The van der Waals surface area contributed by atoms with Gasteiger partial charge in [0.2, 0.25) is 5.91 Å². The van der Waals surface area contributed by atoms with Crippen molar-refractivity contribution in [3.8, 4) is 0 Å². The van der Waals surface area contributed by atoms with Crippen molar-refractivity contribution in [1.82, 2.24) is 14.9 Å². The van der Waals surface area contributed by atoms with Gasteiger partial charge in [0.1, 0.15) is 0 Å². The molecule has 0 bridgehead atoms. The fraction of sp³-hybridized carbons (Fsp3) is 0.389. The molecule has 2 heterocycles. The van der Waals surface area contributed by atoms with Gasteiger partial charge in [-0.05, 0) is 37.1 Å². The third-order valence-corrected chi connectivity index (χ3v) is 5.11. The van der Waals surface area contributed by atoms with E-state index < -0.39 is 0 Å². The molecule has 2 amide bonds. The molecule has 3 rings (SSSR count). The largest absolute Gasteiger partial charge is 0.376 e. The Morgan fingerprint density at radius 1 is 1.35 bits per heavy atom. The van der Waals surface area contributed by atoms with E-state index in [4.69, 9.17) is 4.74 Å². The van der Waals surface area contributed by atoms with E-state index in [-0.39, 0.29) is 23.7 Å². The summed E-state index contributed by atoms with van der Waals surface area (Å²) >= 11 is 1.37. The highest BCUT2D eigenvalue weighted by molar-refractivity contribution is 7.99. The van der Waals surface area contributed by atoms with Gasteiger partial charge in [-0.2, -0.15) is 0 Å². The lowest BCUT2D eigenvalue weighted by atomic mass is 10.2. The zero-order chi connectivity index (χ0) is 18.4. The molecule has 1 aromatic heterocycles. The number of aromatic nitrogens is 2. The van der Waals surface area contributed by atoms with Crippen molar-refractivity contribution in [2.45, 2.75) is 24.1 Å². The summed E-state index contributed by atoms with van der Waals surface area (Å²) in [5.41, 5.74) is 1.22. The monoisotopic (exact) mass is 374 g/mol.